The Balaban J connectivity index is 1.72. The molecule has 2 saturated heterocycles. The van der Waals surface area contributed by atoms with Crippen LogP contribution in [0.5, 0.6) is 5.75 Å². The van der Waals surface area contributed by atoms with Gasteiger partial charge >= 0.3 is 11.9 Å². The summed E-state index contributed by atoms with van der Waals surface area (Å²) < 4.78 is 23.0. The van der Waals surface area contributed by atoms with E-state index in [0.29, 0.717) is 17.7 Å². The lowest BCUT2D eigenvalue weighted by Gasteiger charge is -2.34. The Bertz CT molecular complexity index is 2360. The zero-order valence-electron chi connectivity index (χ0n) is 42.5. The molecule has 22 heteroatoms. The largest absolute Gasteiger partial charge is 0.487 e. The molecule has 2 aromatic carbocycles. The van der Waals surface area contributed by atoms with E-state index >= 15 is 4.79 Å². The minimum Gasteiger partial charge on any atom is -0.487 e. The molecular weight excluding hydrogens is 951 g/mol. The number of cyclic esters (lactones) is 1. The number of benzene rings is 2. The number of carbonyl (C=O) groups is 9. The first-order valence-electron chi connectivity index (χ1n) is 24.4. The molecule has 4 aliphatic heterocycles. The number of nitrogens with one attached hydrogen (secondary N) is 6. The zero-order chi connectivity index (χ0) is 53.9. The summed E-state index contributed by atoms with van der Waals surface area (Å²) in [6, 6.07) is 4.69. The highest BCUT2D eigenvalue weighted by Crippen LogP contribution is 2.35. The van der Waals surface area contributed by atoms with Gasteiger partial charge in [-0.25, -0.2) is 4.79 Å². The van der Waals surface area contributed by atoms with E-state index in [2.05, 4.69) is 31.9 Å². The fourth-order valence-electron chi connectivity index (χ4n) is 8.15. The number of rotatable bonds is 9. The second-order valence-corrected chi connectivity index (χ2v) is 19.2. The van der Waals surface area contributed by atoms with Gasteiger partial charge in [0, 0.05) is 19.5 Å². The second-order valence-electron chi connectivity index (χ2n) is 19.2. The highest BCUT2D eigenvalue weighted by molar-refractivity contribution is 5.98. The van der Waals surface area contributed by atoms with Crippen molar-refractivity contribution >= 4 is 53.3 Å². The maximum atomic E-state index is 15.2. The Kier molecular flexibility index (Phi) is 19.6. The van der Waals surface area contributed by atoms with Gasteiger partial charge in [0.1, 0.15) is 66.9 Å². The number of amides is 7. The molecule has 6 rings (SSSR count). The van der Waals surface area contributed by atoms with E-state index in [0.717, 1.165) is 11.0 Å². The van der Waals surface area contributed by atoms with Gasteiger partial charge in [0.2, 0.25) is 41.4 Å². The lowest BCUT2D eigenvalue weighted by molar-refractivity contribution is -0.160. The summed E-state index contributed by atoms with van der Waals surface area (Å²) in [4.78, 5) is 129. The topological polar surface area (TPSA) is 310 Å². The summed E-state index contributed by atoms with van der Waals surface area (Å²) in [6.45, 7) is 10.8. The summed E-state index contributed by atoms with van der Waals surface area (Å²) in [6.07, 6.45) is -2.39. The number of ether oxygens (including phenoxy) is 4. The summed E-state index contributed by atoms with van der Waals surface area (Å²) in [7, 11) is 1.32. The van der Waals surface area contributed by atoms with E-state index in [1.807, 2.05) is 0 Å². The van der Waals surface area contributed by atoms with E-state index in [9.17, 15) is 48.6 Å². The van der Waals surface area contributed by atoms with Crippen molar-refractivity contribution in [3.05, 3.63) is 77.9 Å². The number of likely N-dealkylation sites (N-methyl/N-ethyl adjacent to an activating group) is 1. The van der Waals surface area contributed by atoms with Crippen LogP contribution in [0.2, 0.25) is 0 Å². The monoisotopic (exact) mass is 1020 g/mol. The van der Waals surface area contributed by atoms with Crippen molar-refractivity contribution in [3.63, 3.8) is 0 Å². The first-order chi connectivity index (χ1) is 34.5. The van der Waals surface area contributed by atoms with Crippen molar-refractivity contribution in [1.29, 1.82) is 0 Å². The van der Waals surface area contributed by atoms with Crippen LogP contribution in [0, 0.1) is 17.8 Å². The molecule has 4 aliphatic rings. The molecular formula is C51H69N7O15. The third kappa shape index (κ3) is 14.8. The van der Waals surface area contributed by atoms with Crippen molar-refractivity contribution in [2.75, 3.05) is 26.8 Å². The Hall–Kier alpha value is -6.91. The van der Waals surface area contributed by atoms with Crippen molar-refractivity contribution in [2.24, 2.45) is 17.8 Å². The molecule has 1 spiro atoms. The van der Waals surface area contributed by atoms with Crippen LogP contribution in [0.25, 0.3) is 0 Å². The van der Waals surface area contributed by atoms with Gasteiger partial charge in [0.25, 0.3) is 0 Å². The molecule has 13 atom stereocenters. The summed E-state index contributed by atoms with van der Waals surface area (Å²) in [5.41, 5.74) is -0.249. The van der Waals surface area contributed by atoms with Gasteiger partial charge in [-0.1, -0.05) is 83.5 Å². The maximum absolute atomic E-state index is 15.2. The first kappa shape index (κ1) is 57.0. The van der Waals surface area contributed by atoms with Crippen LogP contribution in [0.1, 0.15) is 79.0 Å². The smallest absolute Gasteiger partial charge is 0.332 e. The zero-order valence-corrected chi connectivity index (χ0v) is 42.5. The average Bonchev–Trinajstić information content (AvgIpc) is 4.17. The molecule has 0 aromatic heterocycles. The molecule has 0 aliphatic carbocycles. The average molecular weight is 1020 g/mol. The van der Waals surface area contributed by atoms with Crippen molar-refractivity contribution in [3.8, 4) is 5.75 Å². The van der Waals surface area contributed by atoms with Gasteiger partial charge in [-0.05, 0) is 61.9 Å². The lowest BCUT2D eigenvalue weighted by atomic mass is 9.93. The predicted molar refractivity (Wildman–Crippen MR) is 260 cm³/mol. The minimum absolute atomic E-state index is 0.141. The molecule has 0 saturated carbocycles. The van der Waals surface area contributed by atoms with Crippen LogP contribution >= 0.6 is 0 Å². The van der Waals surface area contributed by atoms with Gasteiger partial charge in [-0.15, -0.1) is 0 Å². The van der Waals surface area contributed by atoms with E-state index in [-0.39, 0.29) is 18.6 Å². The fourth-order valence-corrected chi connectivity index (χ4v) is 8.15. The van der Waals surface area contributed by atoms with Crippen LogP contribution in [0.3, 0.4) is 0 Å². The van der Waals surface area contributed by atoms with Crippen LogP contribution in [0.4, 0.5) is 0 Å². The molecule has 8 N–H and O–H groups in total. The molecule has 398 valence electrons. The van der Waals surface area contributed by atoms with Gasteiger partial charge < -0.3 is 66.0 Å². The third-order valence-electron chi connectivity index (χ3n) is 13.4. The van der Waals surface area contributed by atoms with Gasteiger partial charge in [0.15, 0.2) is 6.04 Å². The molecule has 2 aromatic rings. The first-order valence-corrected chi connectivity index (χ1v) is 24.4. The fraction of sp³-hybridized carbons (Fsp3) is 0.549. The Labute approximate surface area is 424 Å². The Morgan fingerprint density at radius 3 is 2.05 bits per heavy atom. The molecule has 0 radical (unpaired) electrons. The van der Waals surface area contributed by atoms with Gasteiger partial charge in [-0.2, -0.15) is 0 Å². The number of esters is 2. The Morgan fingerprint density at radius 1 is 0.822 bits per heavy atom. The third-order valence-corrected chi connectivity index (χ3v) is 13.4. The van der Waals surface area contributed by atoms with Crippen molar-refractivity contribution < 1.29 is 72.3 Å². The number of carbonyl (C=O) groups excluding carboxylic acids is 9. The van der Waals surface area contributed by atoms with E-state index < -0.39 is 150 Å². The van der Waals surface area contributed by atoms with Crippen LogP contribution < -0.4 is 36.6 Å². The lowest BCUT2D eigenvalue weighted by Crippen LogP contribution is -2.61. The van der Waals surface area contributed by atoms with E-state index in [4.69, 9.17) is 18.9 Å². The predicted octanol–water partition coefficient (Wildman–Crippen LogP) is -0.356. The molecule has 4 bridgehead atoms. The minimum atomic E-state index is -1.94. The van der Waals surface area contributed by atoms with Crippen molar-refractivity contribution in [2.45, 2.75) is 134 Å². The summed E-state index contributed by atoms with van der Waals surface area (Å²) in [5, 5.41) is 37.1. The van der Waals surface area contributed by atoms with Crippen molar-refractivity contribution in [1.82, 2.24) is 36.8 Å². The number of aliphatic hydroxyl groups excluding tert-OH is 2. The van der Waals surface area contributed by atoms with Crippen LogP contribution in [-0.2, 0) is 63.8 Å². The quantitative estimate of drug-likeness (QED) is 0.118. The van der Waals surface area contributed by atoms with Crippen LogP contribution in [0.15, 0.2) is 66.7 Å². The normalized spacial score (nSPS) is 29.3. The number of fused-ring (bicyclic) bond motifs is 9. The highest BCUT2D eigenvalue weighted by atomic mass is 16.6. The maximum Gasteiger partial charge on any atom is 0.332 e. The van der Waals surface area contributed by atoms with E-state index in [1.165, 1.54) is 58.2 Å². The molecule has 7 amide bonds. The summed E-state index contributed by atoms with van der Waals surface area (Å²) >= 11 is 0. The highest BCUT2D eigenvalue weighted by Gasteiger charge is 2.49. The van der Waals surface area contributed by atoms with E-state index in [1.54, 1.807) is 65.0 Å². The molecule has 4 heterocycles. The molecule has 1 unspecified atom stereocenters. The second kappa shape index (κ2) is 25.2. The van der Waals surface area contributed by atoms with Crippen LogP contribution in [-0.4, -0.2) is 155 Å². The summed E-state index contributed by atoms with van der Waals surface area (Å²) in [5.74, 6) is -10.7. The SMILES string of the molecule is CC[C@H](C)C1NC(=O)[C@@H](NC(=O)[C@H](C)[C@H](O)C(C)C)[C@@H](C)OC(=O)[C@H]2COC(=O)CNC(=O)/C=C/[C@]3(CO3)[C@H](C)Oc3ccc(cc3)[C@@H](NC1=O)C(=O)N(C)[C@@H](Cc1ccccc1)C(=O)N[C@H]([C@@H](C)O)C(=O)N2. The molecule has 2 fully saturated rings. The number of aliphatic hydroxyl groups is 2. The Morgan fingerprint density at radius 2 is 1.45 bits per heavy atom. The number of epoxide rings is 1. The van der Waals surface area contributed by atoms with Gasteiger partial charge in [0.05, 0.1) is 24.7 Å². The standard InChI is InChI=1S/C51H69N7O15/c1-10-27(4)39-46(65)57-42-33-16-18-34(19-17-33)73-31(8)51(25-71-51)21-20-37(60)52-23-38(61)70-24-35(50(69)72-30(7)41(48(67)54-39)56-44(63)28(5)43(62)26(2)3)53-47(66)40(29(6)59)55-45(64)36(58(9)49(42)68)22-32-14-12-11-13-15-32/h11-21,26-31,35-36,39-43,59,62H,10,22-25H2,1-9H3,(H,52,60)(H,53,66)(H,54,67)(H,55,64)(H,56,63)(H,57,65)/b21-20+/t27-,28+,29+,30+,31-,35+,36-,39?,40+,41-,42+,43+,51-/m0/s1. The molecule has 22 nitrogen and oxygen atoms in total. The number of hydrogen-bond acceptors (Lipinski definition) is 15. The number of hydrogen-bond donors (Lipinski definition) is 8. The number of nitrogens with zero attached hydrogens (tertiary/aromatic N) is 1. The molecule has 73 heavy (non-hydrogen) atoms. The van der Waals surface area contributed by atoms with Gasteiger partial charge in [-0.3, -0.25) is 38.4 Å².